The van der Waals surface area contributed by atoms with Gasteiger partial charge in [-0.1, -0.05) is 0 Å². The number of aliphatic carboxylic acids is 2. The monoisotopic (exact) mass is 352 g/mol. The summed E-state index contributed by atoms with van der Waals surface area (Å²) in [4.78, 5) is 26.0. The first-order chi connectivity index (χ1) is 11.9. The van der Waals surface area contributed by atoms with Crippen molar-refractivity contribution < 1.29 is 24.2 Å². The van der Waals surface area contributed by atoms with E-state index in [1.165, 1.54) is 0 Å². The van der Waals surface area contributed by atoms with E-state index in [1.807, 2.05) is 31.1 Å². The van der Waals surface area contributed by atoms with E-state index in [4.69, 9.17) is 14.6 Å². The fourth-order valence-corrected chi connectivity index (χ4v) is 2.64. The molecule has 0 aromatic carbocycles. The van der Waals surface area contributed by atoms with E-state index in [0.29, 0.717) is 32.7 Å². The highest BCUT2D eigenvalue weighted by Crippen LogP contribution is 2.13. The highest BCUT2D eigenvalue weighted by molar-refractivity contribution is 6.13. The lowest BCUT2D eigenvalue weighted by Gasteiger charge is -2.20. The molecule has 0 amide bonds. The lowest BCUT2D eigenvalue weighted by atomic mass is 10.2. The van der Waals surface area contributed by atoms with Gasteiger partial charge in [0, 0.05) is 26.2 Å². The molecule has 0 bridgehead atoms. The Morgan fingerprint density at radius 2 is 1.96 bits per heavy atom. The largest absolute Gasteiger partial charge is 0.477 e. The van der Waals surface area contributed by atoms with E-state index in [2.05, 4.69) is 10.6 Å². The Morgan fingerprint density at radius 1 is 1.28 bits per heavy atom. The molecule has 25 heavy (non-hydrogen) atoms. The minimum absolute atomic E-state index is 0.160. The summed E-state index contributed by atoms with van der Waals surface area (Å²) in [6, 6.07) is 3.86. The van der Waals surface area contributed by atoms with Gasteiger partial charge in [-0.05, 0) is 26.2 Å². The molecule has 2 heterocycles. The van der Waals surface area contributed by atoms with Gasteiger partial charge in [0.25, 0.3) is 0 Å². The van der Waals surface area contributed by atoms with Gasteiger partial charge in [0.1, 0.15) is 17.3 Å². The second-order valence-corrected chi connectivity index (χ2v) is 6.03. The molecule has 0 unspecified atom stereocenters. The Hall–Kier alpha value is -2.52. The number of hydrogen-bond donors (Lipinski definition) is 4. The molecule has 0 atom stereocenters. The molecule has 9 heteroatoms. The predicted octanol–water partition coefficient (Wildman–Crippen LogP) is -0.283. The van der Waals surface area contributed by atoms with Crippen LogP contribution in [0.5, 0.6) is 0 Å². The Labute approximate surface area is 145 Å². The van der Waals surface area contributed by atoms with E-state index >= 15 is 0 Å². The summed E-state index contributed by atoms with van der Waals surface area (Å²) in [5.74, 6) is -1.02. The van der Waals surface area contributed by atoms with Crippen molar-refractivity contribution in [3.05, 3.63) is 35.0 Å². The van der Waals surface area contributed by atoms with Gasteiger partial charge < -0.3 is 35.1 Å². The van der Waals surface area contributed by atoms with Gasteiger partial charge in [0.2, 0.25) is 0 Å². The predicted molar refractivity (Wildman–Crippen MR) is 89.7 cm³/mol. The molecule has 2 rings (SSSR count). The molecule has 1 saturated heterocycles. The van der Waals surface area contributed by atoms with Crippen molar-refractivity contribution in [1.29, 1.82) is 0 Å². The smallest absolute Gasteiger partial charge is 0.346 e. The average Bonchev–Trinajstić information content (AvgIpc) is 3.12. The van der Waals surface area contributed by atoms with E-state index in [0.717, 1.165) is 18.1 Å². The standard InChI is InChI=1S/C16H24N4O5/c1-19(2)10-12-4-3-11(25-12)9-17-5-7-20-8-6-18-14(20)13(15(21)22)16(23)24/h3-4,17-18H,5-10H2,1-2H3,(H,21,22)(H,23,24). The second kappa shape index (κ2) is 8.54. The number of carboxylic acids is 2. The molecular weight excluding hydrogens is 328 g/mol. The number of carboxylic acid groups (broad SMARTS) is 2. The summed E-state index contributed by atoms with van der Waals surface area (Å²) in [6.45, 7) is 3.44. The third kappa shape index (κ3) is 5.23. The Morgan fingerprint density at radius 3 is 2.60 bits per heavy atom. The zero-order valence-electron chi connectivity index (χ0n) is 14.4. The van der Waals surface area contributed by atoms with Crippen molar-refractivity contribution in [3.63, 3.8) is 0 Å². The zero-order chi connectivity index (χ0) is 18.4. The molecular formula is C16H24N4O5. The normalized spacial score (nSPS) is 14.0. The molecule has 138 valence electrons. The highest BCUT2D eigenvalue weighted by atomic mass is 16.4. The number of nitrogens with zero attached hydrogens (tertiary/aromatic N) is 2. The van der Waals surface area contributed by atoms with Crippen molar-refractivity contribution in [2.75, 3.05) is 40.3 Å². The molecule has 1 aromatic rings. The van der Waals surface area contributed by atoms with E-state index < -0.39 is 17.5 Å². The zero-order valence-corrected chi connectivity index (χ0v) is 14.4. The second-order valence-electron chi connectivity index (χ2n) is 6.03. The Kier molecular flexibility index (Phi) is 6.43. The van der Waals surface area contributed by atoms with Gasteiger partial charge in [0.05, 0.1) is 13.1 Å². The van der Waals surface area contributed by atoms with Crippen molar-refractivity contribution in [1.82, 2.24) is 20.4 Å². The summed E-state index contributed by atoms with van der Waals surface area (Å²) < 4.78 is 5.69. The lowest BCUT2D eigenvalue weighted by molar-refractivity contribution is -0.140. The molecule has 0 aliphatic carbocycles. The fraction of sp³-hybridized carbons (Fsp3) is 0.500. The van der Waals surface area contributed by atoms with E-state index in [9.17, 15) is 9.59 Å². The quantitative estimate of drug-likeness (QED) is 0.206. The van der Waals surface area contributed by atoms with Gasteiger partial charge in [0.15, 0.2) is 5.57 Å². The molecule has 1 aliphatic rings. The van der Waals surface area contributed by atoms with Crippen LogP contribution in [-0.2, 0) is 22.7 Å². The maximum absolute atomic E-state index is 11.1. The molecule has 9 nitrogen and oxygen atoms in total. The van der Waals surface area contributed by atoms with Crippen molar-refractivity contribution in [3.8, 4) is 0 Å². The molecule has 1 aliphatic heterocycles. The fourth-order valence-electron chi connectivity index (χ4n) is 2.64. The molecule has 0 saturated carbocycles. The summed E-state index contributed by atoms with van der Waals surface area (Å²) in [7, 11) is 3.94. The Balaban J connectivity index is 1.84. The van der Waals surface area contributed by atoms with Crippen LogP contribution in [0.15, 0.2) is 27.9 Å². The highest BCUT2D eigenvalue weighted by Gasteiger charge is 2.28. The summed E-state index contributed by atoms with van der Waals surface area (Å²) in [5, 5.41) is 24.2. The topological polar surface area (TPSA) is 118 Å². The van der Waals surface area contributed by atoms with Crippen molar-refractivity contribution in [2.24, 2.45) is 0 Å². The maximum Gasteiger partial charge on any atom is 0.346 e. The molecule has 0 spiro atoms. The van der Waals surface area contributed by atoms with Crippen LogP contribution in [-0.4, -0.2) is 72.2 Å². The van der Waals surface area contributed by atoms with Gasteiger partial charge in [-0.3, -0.25) is 0 Å². The number of rotatable bonds is 9. The average molecular weight is 352 g/mol. The van der Waals surface area contributed by atoms with Gasteiger partial charge in [-0.2, -0.15) is 0 Å². The van der Waals surface area contributed by atoms with Crippen LogP contribution in [0.1, 0.15) is 11.5 Å². The lowest BCUT2D eigenvalue weighted by Crippen LogP contribution is -2.32. The third-order valence-electron chi connectivity index (χ3n) is 3.70. The number of furan rings is 1. The third-order valence-corrected chi connectivity index (χ3v) is 3.70. The van der Waals surface area contributed by atoms with Crippen LogP contribution in [0.4, 0.5) is 0 Å². The number of carbonyl (C=O) groups is 2. The van der Waals surface area contributed by atoms with Gasteiger partial charge >= 0.3 is 11.9 Å². The van der Waals surface area contributed by atoms with Crippen molar-refractivity contribution >= 4 is 11.9 Å². The van der Waals surface area contributed by atoms with Crippen LogP contribution >= 0.6 is 0 Å². The first-order valence-electron chi connectivity index (χ1n) is 8.01. The Bertz CT molecular complexity index is 637. The molecule has 0 radical (unpaired) electrons. The summed E-state index contributed by atoms with van der Waals surface area (Å²) >= 11 is 0. The first-order valence-corrected chi connectivity index (χ1v) is 8.01. The number of nitrogens with one attached hydrogen (secondary N) is 2. The van der Waals surface area contributed by atoms with Crippen LogP contribution < -0.4 is 10.6 Å². The summed E-state index contributed by atoms with van der Waals surface area (Å²) in [5.41, 5.74) is -0.628. The van der Waals surface area contributed by atoms with Crippen LogP contribution in [0.25, 0.3) is 0 Å². The van der Waals surface area contributed by atoms with Crippen LogP contribution in [0.2, 0.25) is 0 Å². The van der Waals surface area contributed by atoms with Crippen LogP contribution in [0.3, 0.4) is 0 Å². The van der Waals surface area contributed by atoms with Gasteiger partial charge in [-0.25, -0.2) is 9.59 Å². The van der Waals surface area contributed by atoms with E-state index in [1.54, 1.807) is 4.90 Å². The minimum Gasteiger partial charge on any atom is -0.477 e. The molecule has 4 N–H and O–H groups in total. The van der Waals surface area contributed by atoms with E-state index in [-0.39, 0.29) is 5.82 Å². The number of hydrogen-bond acceptors (Lipinski definition) is 7. The maximum atomic E-state index is 11.1. The SMILES string of the molecule is CN(C)Cc1ccc(CNCCN2CCNC2=C(C(=O)O)C(=O)O)o1. The molecule has 1 aromatic heterocycles. The summed E-state index contributed by atoms with van der Waals surface area (Å²) in [6.07, 6.45) is 0. The minimum atomic E-state index is -1.45. The first kappa shape index (κ1) is 18.8. The molecule has 1 fully saturated rings. The van der Waals surface area contributed by atoms with Crippen molar-refractivity contribution in [2.45, 2.75) is 13.1 Å². The van der Waals surface area contributed by atoms with Gasteiger partial charge in [-0.15, -0.1) is 0 Å². The van der Waals surface area contributed by atoms with Crippen LogP contribution in [0, 0.1) is 0 Å².